The summed E-state index contributed by atoms with van der Waals surface area (Å²) >= 11 is 0. The van der Waals surface area contributed by atoms with E-state index in [1.165, 1.54) is 11.1 Å². The lowest BCUT2D eigenvalue weighted by Gasteiger charge is -2.38. The molecule has 0 heterocycles. The van der Waals surface area contributed by atoms with Gasteiger partial charge in [0.15, 0.2) is 8.32 Å². The number of carbonyl (C=O) groups excluding carboxylic acids is 1. The fourth-order valence-corrected chi connectivity index (χ4v) is 5.71. The van der Waals surface area contributed by atoms with Crippen LogP contribution >= 0.6 is 0 Å². The number of aliphatic hydroxyl groups is 1. The lowest BCUT2D eigenvalue weighted by Crippen LogP contribution is -2.41. The number of phenols is 1. The smallest absolute Gasteiger partial charge is 0.224 e. The van der Waals surface area contributed by atoms with E-state index in [1.54, 1.807) is 6.07 Å². The summed E-state index contributed by atoms with van der Waals surface area (Å²) in [5.41, 5.74) is 4.97. The molecule has 0 aromatic heterocycles. The van der Waals surface area contributed by atoms with Gasteiger partial charge in [-0.05, 0) is 84.6 Å². The highest BCUT2D eigenvalue weighted by atomic mass is 28.4. The molecule has 0 bridgehead atoms. The summed E-state index contributed by atoms with van der Waals surface area (Å²) < 4.78 is 0. The van der Waals surface area contributed by atoms with Crippen molar-refractivity contribution in [1.82, 2.24) is 10.6 Å². The van der Waals surface area contributed by atoms with Crippen LogP contribution < -0.4 is 10.6 Å². The number of hydrogen-bond acceptors (Lipinski definition) is 5. The highest BCUT2D eigenvalue weighted by Crippen LogP contribution is 2.44. The van der Waals surface area contributed by atoms with E-state index < -0.39 is 8.32 Å². The van der Waals surface area contributed by atoms with Crippen molar-refractivity contribution in [3.63, 3.8) is 0 Å². The normalized spacial score (nSPS) is 13.5. The Kier molecular flexibility index (Phi) is 11.7. The summed E-state index contributed by atoms with van der Waals surface area (Å²) in [6.45, 7) is 11.5. The van der Waals surface area contributed by atoms with E-state index in [-0.39, 0.29) is 35.3 Å². The zero-order chi connectivity index (χ0) is 30.0. The Bertz CT molecular complexity index is 1240. The average Bonchev–Trinajstić information content (AvgIpc) is 2.92. The van der Waals surface area contributed by atoms with Crippen LogP contribution in [0.15, 0.2) is 72.8 Å². The maximum Gasteiger partial charge on any atom is 0.224 e. The van der Waals surface area contributed by atoms with E-state index in [0.717, 1.165) is 30.4 Å². The van der Waals surface area contributed by atoms with E-state index >= 15 is 0 Å². The Balaban J connectivity index is 1.55. The second-order valence-electron chi connectivity index (χ2n) is 12.5. The van der Waals surface area contributed by atoms with Crippen molar-refractivity contribution in [2.75, 3.05) is 13.1 Å². The molecule has 7 heteroatoms. The van der Waals surface area contributed by atoms with Gasteiger partial charge in [-0.2, -0.15) is 0 Å². The first-order valence-electron chi connectivity index (χ1n) is 14.6. The molecule has 0 saturated carbocycles. The molecule has 3 aromatic rings. The molecule has 0 aliphatic rings. The van der Waals surface area contributed by atoms with Crippen molar-refractivity contribution in [2.24, 2.45) is 0 Å². The quantitative estimate of drug-likeness (QED) is 0.155. The van der Waals surface area contributed by atoms with Gasteiger partial charge >= 0.3 is 0 Å². The van der Waals surface area contributed by atoms with Crippen LogP contribution in [0, 0.1) is 0 Å². The fraction of sp³-hybridized carbons (Fsp3) is 0.441. The van der Waals surface area contributed by atoms with Gasteiger partial charge < -0.3 is 25.6 Å². The molecule has 0 saturated heterocycles. The number of amides is 1. The van der Waals surface area contributed by atoms with E-state index in [0.29, 0.717) is 25.1 Å². The number of benzene rings is 3. The largest absolute Gasteiger partial charge is 0.508 e. The molecule has 222 valence electrons. The molecular weight excluding hydrogens is 528 g/mol. The number of nitrogens with one attached hydrogen (secondary N) is 2. The first-order valence-corrected chi connectivity index (χ1v) is 17.6. The van der Waals surface area contributed by atoms with Crippen LogP contribution in [0.3, 0.4) is 0 Å². The lowest BCUT2D eigenvalue weighted by molar-refractivity contribution is -0.120. The summed E-state index contributed by atoms with van der Waals surface area (Å²) in [7, 11) is -2.43. The Morgan fingerprint density at radius 3 is 2.24 bits per heavy atom. The molecular formula is C34H48N2O4Si. The minimum atomic E-state index is -2.43. The SMILES string of the molecule is C[C@H](Cc1ccc(CC(=O)NCCc2ccccc2)cc1)NC[C@H](CC(C)(C)[Si](C)(C)O)c1ccc(O)c(CO)c1. The standard InChI is InChI=1S/C34H48N2O4Si/c1-25(19-27-11-13-28(14-12-27)20-33(39)35-18-17-26-9-7-6-8-10-26)36-23-31(22-34(2,3)41(4,5)40)29-15-16-32(38)30(21-29)24-37/h6-16,21,25,31,36-38,40H,17-20,22-24H2,1-5H3,(H,35,39)/t25-,31+/m1/s1. The third kappa shape index (κ3) is 10.1. The minimum Gasteiger partial charge on any atom is -0.508 e. The van der Waals surface area contributed by atoms with Gasteiger partial charge in [-0.25, -0.2) is 0 Å². The summed E-state index contributed by atoms with van der Waals surface area (Å²) in [6, 6.07) is 24.1. The third-order valence-electron chi connectivity index (χ3n) is 8.38. The zero-order valence-corrected chi connectivity index (χ0v) is 26.3. The highest BCUT2D eigenvalue weighted by Gasteiger charge is 2.40. The Morgan fingerprint density at radius 2 is 1.61 bits per heavy atom. The van der Waals surface area contributed by atoms with E-state index in [2.05, 4.69) is 55.7 Å². The Hall–Kier alpha value is -2.97. The van der Waals surface area contributed by atoms with Crippen molar-refractivity contribution >= 4 is 14.2 Å². The van der Waals surface area contributed by atoms with E-state index in [4.69, 9.17) is 0 Å². The molecule has 6 nitrogen and oxygen atoms in total. The fourth-order valence-electron chi connectivity index (χ4n) is 4.96. The molecule has 0 aliphatic carbocycles. The molecule has 2 atom stereocenters. The zero-order valence-electron chi connectivity index (χ0n) is 25.3. The third-order valence-corrected chi connectivity index (χ3v) is 11.9. The predicted molar refractivity (Wildman–Crippen MR) is 170 cm³/mol. The molecule has 0 fully saturated rings. The lowest BCUT2D eigenvalue weighted by atomic mass is 9.88. The van der Waals surface area contributed by atoms with Gasteiger partial charge in [0.1, 0.15) is 5.75 Å². The van der Waals surface area contributed by atoms with Gasteiger partial charge in [-0.1, -0.05) is 74.5 Å². The van der Waals surface area contributed by atoms with Gasteiger partial charge in [0.2, 0.25) is 5.91 Å². The van der Waals surface area contributed by atoms with Crippen molar-refractivity contribution in [3.8, 4) is 5.75 Å². The number of aliphatic hydroxyl groups excluding tert-OH is 1. The van der Waals surface area contributed by atoms with Crippen LogP contribution in [0.25, 0.3) is 0 Å². The summed E-state index contributed by atoms with van der Waals surface area (Å²) in [5, 5.41) is 26.2. The van der Waals surface area contributed by atoms with Crippen molar-refractivity contribution < 1.29 is 19.8 Å². The molecule has 5 N–H and O–H groups in total. The first kappa shape index (κ1) is 32.5. The first-order chi connectivity index (χ1) is 19.4. The van der Waals surface area contributed by atoms with Gasteiger partial charge in [0.05, 0.1) is 13.0 Å². The molecule has 0 spiro atoms. The second kappa shape index (κ2) is 14.8. The number of rotatable bonds is 15. The van der Waals surface area contributed by atoms with Crippen LogP contribution in [0.4, 0.5) is 0 Å². The molecule has 0 radical (unpaired) electrons. The molecule has 0 aliphatic heterocycles. The summed E-state index contributed by atoms with van der Waals surface area (Å²) in [5.74, 6) is 0.242. The van der Waals surface area contributed by atoms with Crippen molar-refractivity contribution in [2.45, 2.75) is 83.2 Å². The number of hydrogen-bond donors (Lipinski definition) is 5. The molecule has 0 unspecified atom stereocenters. The highest BCUT2D eigenvalue weighted by molar-refractivity contribution is 6.72. The monoisotopic (exact) mass is 576 g/mol. The van der Waals surface area contributed by atoms with Gasteiger partial charge in [-0.3, -0.25) is 4.79 Å². The Morgan fingerprint density at radius 1 is 0.951 bits per heavy atom. The average molecular weight is 577 g/mol. The van der Waals surface area contributed by atoms with Crippen LogP contribution in [-0.4, -0.2) is 48.4 Å². The molecule has 41 heavy (non-hydrogen) atoms. The molecule has 1 amide bonds. The number of carbonyl (C=O) groups is 1. The van der Waals surface area contributed by atoms with E-state index in [9.17, 15) is 19.8 Å². The molecule has 3 rings (SSSR count). The van der Waals surface area contributed by atoms with Crippen LogP contribution in [0.2, 0.25) is 18.1 Å². The van der Waals surface area contributed by atoms with Gasteiger partial charge in [-0.15, -0.1) is 0 Å². The maximum atomic E-state index is 12.4. The van der Waals surface area contributed by atoms with Crippen LogP contribution in [-0.2, 0) is 30.7 Å². The van der Waals surface area contributed by atoms with Crippen LogP contribution in [0.1, 0.15) is 60.9 Å². The van der Waals surface area contributed by atoms with Crippen molar-refractivity contribution in [1.29, 1.82) is 0 Å². The Labute approximate surface area is 247 Å². The van der Waals surface area contributed by atoms with Crippen molar-refractivity contribution in [3.05, 3.63) is 101 Å². The minimum absolute atomic E-state index is 0.0328. The second-order valence-corrected chi connectivity index (χ2v) is 17.0. The van der Waals surface area contributed by atoms with Gasteiger partial charge in [0, 0.05) is 24.7 Å². The summed E-state index contributed by atoms with van der Waals surface area (Å²) in [4.78, 5) is 23.3. The van der Waals surface area contributed by atoms with Gasteiger partial charge in [0.25, 0.3) is 0 Å². The predicted octanol–water partition coefficient (Wildman–Crippen LogP) is 5.46. The summed E-state index contributed by atoms with van der Waals surface area (Å²) in [6.07, 6.45) is 2.83. The number of aromatic hydroxyl groups is 1. The molecule has 3 aromatic carbocycles. The maximum absolute atomic E-state index is 12.4. The van der Waals surface area contributed by atoms with E-state index in [1.807, 2.05) is 55.6 Å². The topological polar surface area (TPSA) is 102 Å². The van der Waals surface area contributed by atoms with Crippen LogP contribution in [0.5, 0.6) is 5.75 Å².